The number of nitrogens with one attached hydrogen (secondary N) is 1. The number of hydrogen-bond acceptors (Lipinski definition) is 3. The van der Waals surface area contributed by atoms with E-state index >= 15 is 0 Å². The zero-order valence-electron chi connectivity index (χ0n) is 13.7. The van der Waals surface area contributed by atoms with Crippen molar-refractivity contribution >= 4 is 23.0 Å². The molecular weight excluding hydrogens is 318 g/mol. The zero-order valence-corrected chi connectivity index (χ0v) is 14.5. The third-order valence-electron chi connectivity index (χ3n) is 4.40. The van der Waals surface area contributed by atoms with E-state index in [4.69, 9.17) is 12.2 Å². The summed E-state index contributed by atoms with van der Waals surface area (Å²) in [7, 11) is 0. The first kappa shape index (κ1) is 16.7. The standard InChI is InChI=1S/C19H23N3OS/c23-18-12-5-4-11-17(18)22(14-16-10-6-7-13-20-16)19(24)21-15-8-2-1-3-9-15/h4-7,10-13,15,23H,1-3,8-9,14H2,(H,21,24). The lowest BCUT2D eigenvalue weighted by Crippen LogP contribution is -2.45. The van der Waals surface area contributed by atoms with Gasteiger partial charge in [0.15, 0.2) is 5.11 Å². The van der Waals surface area contributed by atoms with E-state index in [2.05, 4.69) is 10.3 Å². The molecule has 5 heteroatoms. The molecule has 1 heterocycles. The fraction of sp³-hybridized carbons (Fsp3) is 0.368. The van der Waals surface area contributed by atoms with Gasteiger partial charge in [0, 0.05) is 12.2 Å². The number of para-hydroxylation sites is 2. The Morgan fingerprint density at radius 1 is 1.12 bits per heavy atom. The van der Waals surface area contributed by atoms with Gasteiger partial charge in [-0.3, -0.25) is 4.98 Å². The van der Waals surface area contributed by atoms with Gasteiger partial charge in [-0.15, -0.1) is 0 Å². The van der Waals surface area contributed by atoms with Gasteiger partial charge in [-0.25, -0.2) is 0 Å². The minimum Gasteiger partial charge on any atom is -0.506 e. The first-order chi connectivity index (χ1) is 11.7. The van der Waals surface area contributed by atoms with E-state index in [1.165, 1.54) is 19.3 Å². The lowest BCUT2D eigenvalue weighted by molar-refractivity contribution is 0.413. The second-order valence-corrected chi connectivity index (χ2v) is 6.57. The SMILES string of the molecule is Oc1ccccc1N(Cc1ccccn1)C(=S)NC1CCCCC1. The van der Waals surface area contributed by atoms with E-state index < -0.39 is 0 Å². The highest BCUT2D eigenvalue weighted by atomic mass is 32.1. The number of nitrogens with zero attached hydrogens (tertiary/aromatic N) is 2. The van der Waals surface area contributed by atoms with Crippen LogP contribution < -0.4 is 10.2 Å². The molecule has 1 aliphatic rings. The normalized spacial score (nSPS) is 15.0. The molecule has 3 rings (SSSR count). The summed E-state index contributed by atoms with van der Waals surface area (Å²) in [6, 6.07) is 13.5. The van der Waals surface area contributed by atoms with Gasteiger partial charge < -0.3 is 15.3 Å². The molecule has 0 saturated heterocycles. The Balaban J connectivity index is 1.81. The van der Waals surface area contributed by atoms with E-state index in [0.717, 1.165) is 18.5 Å². The van der Waals surface area contributed by atoms with Gasteiger partial charge in [-0.2, -0.15) is 0 Å². The summed E-state index contributed by atoms with van der Waals surface area (Å²) in [6.45, 7) is 0.525. The second-order valence-electron chi connectivity index (χ2n) is 6.18. The molecule has 4 nitrogen and oxygen atoms in total. The number of anilines is 1. The fourth-order valence-corrected chi connectivity index (χ4v) is 3.44. The number of rotatable bonds is 4. The van der Waals surface area contributed by atoms with Gasteiger partial charge in [-0.05, 0) is 49.3 Å². The van der Waals surface area contributed by atoms with Crippen molar-refractivity contribution in [3.05, 3.63) is 54.4 Å². The number of thiocarbonyl (C=S) groups is 1. The van der Waals surface area contributed by atoms with Crippen LogP contribution in [0.5, 0.6) is 5.75 Å². The molecule has 1 aromatic carbocycles. The first-order valence-corrected chi connectivity index (χ1v) is 8.91. The first-order valence-electron chi connectivity index (χ1n) is 8.50. The minimum absolute atomic E-state index is 0.223. The van der Waals surface area contributed by atoms with E-state index in [-0.39, 0.29) is 5.75 Å². The average Bonchev–Trinajstić information content (AvgIpc) is 2.62. The molecule has 126 valence electrons. The van der Waals surface area contributed by atoms with Crippen LogP contribution in [-0.4, -0.2) is 21.2 Å². The van der Waals surface area contributed by atoms with Crippen LogP contribution in [0, 0.1) is 0 Å². The van der Waals surface area contributed by atoms with E-state index in [0.29, 0.717) is 23.4 Å². The molecule has 1 aromatic heterocycles. The van der Waals surface area contributed by atoms with Crippen LogP contribution in [0.4, 0.5) is 5.69 Å². The topological polar surface area (TPSA) is 48.4 Å². The highest BCUT2D eigenvalue weighted by Crippen LogP contribution is 2.28. The lowest BCUT2D eigenvalue weighted by Gasteiger charge is -2.31. The van der Waals surface area contributed by atoms with E-state index in [1.807, 2.05) is 41.3 Å². The monoisotopic (exact) mass is 341 g/mol. The van der Waals surface area contributed by atoms with Gasteiger partial charge in [0.05, 0.1) is 17.9 Å². The summed E-state index contributed by atoms with van der Waals surface area (Å²) >= 11 is 5.67. The number of phenols is 1. The predicted octanol–water partition coefficient (Wildman–Crippen LogP) is 4.00. The van der Waals surface area contributed by atoms with Crippen molar-refractivity contribution in [2.45, 2.75) is 44.7 Å². The van der Waals surface area contributed by atoms with Gasteiger partial charge in [0.25, 0.3) is 0 Å². The third-order valence-corrected chi connectivity index (χ3v) is 4.73. The summed E-state index contributed by atoms with van der Waals surface area (Å²) in [5, 5.41) is 14.4. The number of aromatic nitrogens is 1. The number of benzene rings is 1. The molecule has 1 saturated carbocycles. The van der Waals surface area contributed by atoms with Crippen LogP contribution >= 0.6 is 12.2 Å². The molecule has 1 aliphatic carbocycles. The van der Waals surface area contributed by atoms with Gasteiger partial charge in [0.2, 0.25) is 0 Å². The quantitative estimate of drug-likeness (QED) is 0.823. The molecule has 2 aromatic rings. The maximum atomic E-state index is 10.3. The van der Waals surface area contributed by atoms with Crippen LogP contribution in [0.1, 0.15) is 37.8 Å². The molecule has 24 heavy (non-hydrogen) atoms. The molecule has 0 spiro atoms. The third kappa shape index (κ3) is 4.23. The smallest absolute Gasteiger partial charge is 0.174 e. The summed E-state index contributed by atoms with van der Waals surface area (Å²) < 4.78 is 0. The number of hydrogen-bond donors (Lipinski definition) is 2. The van der Waals surface area contributed by atoms with Crippen molar-refractivity contribution in [3.63, 3.8) is 0 Å². The van der Waals surface area contributed by atoms with E-state index in [9.17, 15) is 5.11 Å². The Morgan fingerprint density at radius 3 is 2.58 bits per heavy atom. The van der Waals surface area contributed by atoms with E-state index in [1.54, 1.807) is 12.3 Å². The number of phenolic OH excluding ortho intramolecular Hbond substituents is 1. The van der Waals surface area contributed by atoms with Gasteiger partial charge >= 0.3 is 0 Å². The second kappa shape index (κ2) is 8.11. The molecule has 0 aliphatic heterocycles. The van der Waals surface area contributed by atoms with Crippen LogP contribution in [-0.2, 0) is 6.54 Å². The Morgan fingerprint density at radius 2 is 1.88 bits per heavy atom. The van der Waals surface area contributed by atoms with Crippen molar-refractivity contribution in [2.75, 3.05) is 4.90 Å². The highest BCUT2D eigenvalue weighted by molar-refractivity contribution is 7.80. The largest absolute Gasteiger partial charge is 0.506 e. The molecule has 0 radical (unpaired) electrons. The Kier molecular flexibility index (Phi) is 5.64. The highest BCUT2D eigenvalue weighted by Gasteiger charge is 2.20. The van der Waals surface area contributed by atoms with Crippen LogP contribution in [0.2, 0.25) is 0 Å². The lowest BCUT2D eigenvalue weighted by atomic mass is 9.96. The summed E-state index contributed by atoms with van der Waals surface area (Å²) in [4.78, 5) is 6.32. The molecule has 0 bridgehead atoms. The van der Waals surface area contributed by atoms with Crippen molar-refractivity contribution in [2.24, 2.45) is 0 Å². The number of pyridine rings is 1. The summed E-state index contributed by atoms with van der Waals surface area (Å²) in [5.74, 6) is 0.223. The molecule has 1 fully saturated rings. The summed E-state index contributed by atoms with van der Waals surface area (Å²) in [6.07, 6.45) is 7.88. The Hall–Kier alpha value is -2.14. The fourth-order valence-electron chi connectivity index (χ4n) is 3.11. The zero-order chi connectivity index (χ0) is 16.8. The molecule has 0 unspecified atom stereocenters. The van der Waals surface area contributed by atoms with Crippen LogP contribution in [0.15, 0.2) is 48.7 Å². The Bertz CT molecular complexity index is 671. The van der Waals surface area contributed by atoms with Gasteiger partial charge in [-0.1, -0.05) is 37.5 Å². The van der Waals surface area contributed by atoms with Crippen LogP contribution in [0.25, 0.3) is 0 Å². The Labute approximate surface area is 148 Å². The molecule has 0 atom stereocenters. The molecule has 2 N–H and O–H groups in total. The van der Waals surface area contributed by atoms with Crippen molar-refractivity contribution in [3.8, 4) is 5.75 Å². The van der Waals surface area contributed by atoms with Crippen molar-refractivity contribution < 1.29 is 5.11 Å². The average molecular weight is 341 g/mol. The van der Waals surface area contributed by atoms with Crippen molar-refractivity contribution in [1.82, 2.24) is 10.3 Å². The maximum Gasteiger partial charge on any atom is 0.174 e. The minimum atomic E-state index is 0.223. The summed E-state index contributed by atoms with van der Waals surface area (Å²) in [5.41, 5.74) is 1.62. The van der Waals surface area contributed by atoms with Crippen molar-refractivity contribution in [1.29, 1.82) is 0 Å². The molecular formula is C19H23N3OS. The van der Waals surface area contributed by atoms with Gasteiger partial charge in [0.1, 0.15) is 5.75 Å². The molecule has 0 amide bonds. The predicted molar refractivity (Wildman–Crippen MR) is 101 cm³/mol. The maximum absolute atomic E-state index is 10.3. The van der Waals surface area contributed by atoms with Crippen LogP contribution in [0.3, 0.4) is 0 Å². The number of aromatic hydroxyl groups is 1.